The molecule has 1 aromatic heterocycles. The normalized spacial score (nSPS) is 14.4. The van der Waals surface area contributed by atoms with E-state index in [1.807, 2.05) is 72.5 Å². The molecule has 0 spiro atoms. The summed E-state index contributed by atoms with van der Waals surface area (Å²) in [4.78, 5) is 33.9. The Morgan fingerprint density at radius 3 is 2.68 bits per heavy atom. The average Bonchev–Trinajstić information content (AvgIpc) is 3.08. The number of nitrogens with zero attached hydrogens (tertiary/aromatic N) is 3. The number of anilines is 1. The second-order valence-corrected chi connectivity index (χ2v) is 9.49. The van der Waals surface area contributed by atoms with E-state index < -0.39 is 0 Å². The standard InChI is InChI=1S/C27H30N4O2S/c1-21-7-4-9-23(17-21)27(33)31-14-6-13-30(15-16-31)19-25(32)29-24-10-5-8-22(18-24)20-34-26-11-2-3-12-28-26/h2-5,7-12,17-18H,6,13-16,19-20H2,1H3,(H,29,32). The van der Waals surface area contributed by atoms with Crippen molar-refractivity contribution < 1.29 is 9.59 Å². The predicted molar refractivity (Wildman–Crippen MR) is 137 cm³/mol. The summed E-state index contributed by atoms with van der Waals surface area (Å²) in [6, 6.07) is 21.5. The number of rotatable bonds is 7. The fourth-order valence-corrected chi connectivity index (χ4v) is 4.83. The van der Waals surface area contributed by atoms with E-state index in [0.29, 0.717) is 26.2 Å². The van der Waals surface area contributed by atoms with Crippen LogP contribution in [0.25, 0.3) is 0 Å². The van der Waals surface area contributed by atoms with Crippen molar-refractivity contribution >= 4 is 29.3 Å². The number of amides is 2. The highest BCUT2D eigenvalue weighted by Crippen LogP contribution is 2.22. The Kier molecular flexibility index (Phi) is 8.33. The summed E-state index contributed by atoms with van der Waals surface area (Å²) in [5.41, 5.74) is 3.74. The number of hydrogen-bond acceptors (Lipinski definition) is 5. The van der Waals surface area contributed by atoms with Crippen molar-refractivity contribution in [2.75, 3.05) is 38.0 Å². The van der Waals surface area contributed by atoms with Crippen LogP contribution >= 0.6 is 11.8 Å². The predicted octanol–water partition coefficient (Wildman–Crippen LogP) is 4.47. The Labute approximate surface area is 205 Å². The molecule has 0 unspecified atom stereocenters. The Morgan fingerprint density at radius 1 is 0.971 bits per heavy atom. The van der Waals surface area contributed by atoms with Crippen LogP contribution in [0.1, 0.15) is 27.9 Å². The summed E-state index contributed by atoms with van der Waals surface area (Å²) in [6.45, 7) is 5.13. The third-order valence-electron chi connectivity index (χ3n) is 5.74. The maximum Gasteiger partial charge on any atom is 0.253 e. The third-order valence-corrected chi connectivity index (χ3v) is 6.76. The highest BCUT2D eigenvalue weighted by Gasteiger charge is 2.21. The molecule has 176 valence electrons. The Balaban J connectivity index is 1.26. The second kappa shape index (κ2) is 11.8. The van der Waals surface area contributed by atoms with E-state index in [9.17, 15) is 9.59 Å². The molecule has 2 heterocycles. The molecule has 1 aliphatic rings. The van der Waals surface area contributed by atoms with Crippen LogP contribution in [0.3, 0.4) is 0 Å². The number of benzene rings is 2. The molecule has 3 aromatic rings. The maximum absolute atomic E-state index is 12.9. The number of aryl methyl sites for hydroxylation is 1. The number of carbonyl (C=O) groups excluding carboxylic acids is 2. The Hall–Kier alpha value is -3.16. The molecule has 4 rings (SSSR count). The Bertz CT molecular complexity index is 1120. The lowest BCUT2D eigenvalue weighted by atomic mass is 10.1. The number of pyridine rings is 1. The van der Waals surface area contributed by atoms with Gasteiger partial charge < -0.3 is 10.2 Å². The first-order valence-corrected chi connectivity index (χ1v) is 12.6. The van der Waals surface area contributed by atoms with Crippen molar-refractivity contribution in [3.05, 3.63) is 89.6 Å². The summed E-state index contributed by atoms with van der Waals surface area (Å²) >= 11 is 1.67. The molecule has 1 fully saturated rings. The van der Waals surface area contributed by atoms with Gasteiger partial charge in [-0.25, -0.2) is 4.98 Å². The summed E-state index contributed by atoms with van der Waals surface area (Å²) in [6.07, 6.45) is 2.64. The van der Waals surface area contributed by atoms with Gasteiger partial charge in [-0.15, -0.1) is 11.8 Å². The minimum absolute atomic E-state index is 0.0343. The molecule has 2 amide bonds. The summed E-state index contributed by atoms with van der Waals surface area (Å²) in [7, 11) is 0. The van der Waals surface area contributed by atoms with E-state index in [-0.39, 0.29) is 11.8 Å². The molecule has 0 saturated carbocycles. The zero-order valence-electron chi connectivity index (χ0n) is 19.4. The van der Waals surface area contributed by atoms with Crippen LogP contribution in [0.15, 0.2) is 78.0 Å². The van der Waals surface area contributed by atoms with E-state index in [0.717, 1.165) is 46.1 Å². The van der Waals surface area contributed by atoms with Crippen LogP contribution in [-0.2, 0) is 10.5 Å². The third kappa shape index (κ3) is 6.92. The Morgan fingerprint density at radius 2 is 1.85 bits per heavy atom. The largest absolute Gasteiger partial charge is 0.337 e. The molecule has 0 atom stereocenters. The molecule has 0 radical (unpaired) electrons. The highest BCUT2D eigenvalue weighted by atomic mass is 32.2. The van der Waals surface area contributed by atoms with Gasteiger partial charge in [-0.3, -0.25) is 14.5 Å². The van der Waals surface area contributed by atoms with Gasteiger partial charge in [-0.05, 0) is 55.3 Å². The van der Waals surface area contributed by atoms with E-state index in [4.69, 9.17) is 0 Å². The van der Waals surface area contributed by atoms with Crippen molar-refractivity contribution in [3.63, 3.8) is 0 Å². The van der Waals surface area contributed by atoms with Gasteiger partial charge in [0, 0.05) is 49.4 Å². The van der Waals surface area contributed by atoms with Gasteiger partial charge in [0.15, 0.2) is 0 Å². The summed E-state index contributed by atoms with van der Waals surface area (Å²) in [5, 5.41) is 4.01. The molecule has 0 bridgehead atoms. The molecule has 34 heavy (non-hydrogen) atoms. The number of nitrogens with one attached hydrogen (secondary N) is 1. The molecule has 6 nitrogen and oxygen atoms in total. The first kappa shape index (κ1) is 24.0. The van der Waals surface area contributed by atoms with Gasteiger partial charge in [-0.2, -0.15) is 0 Å². The van der Waals surface area contributed by atoms with E-state index in [1.165, 1.54) is 0 Å². The van der Waals surface area contributed by atoms with Gasteiger partial charge in [0.25, 0.3) is 5.91 Å². The molecular formula is C27H30N4O2S. The lowest BCUT2D eigenvalue weighted by Gasteiger charge is -2.22. The first-order chi connectivity index (χ1) is 16.6. The van der Waals surface area contributed by atoms with Gasteiger partial charge in [0.05, 0.1) is 11.6 Å². The van der Waals surface area contributed by atoms with Crippen LogP contribution < -0.4 is 5.32 Å². The second-order valence-electron chi connectivity index (χ2n) is 8.50. The molecule has 1 saturated heterocycles. The van der Waals surface area contributed by atoms with Crippen LogP contribution in [-0.4, -0.2) is 59.3 Å². The molecule has 1 N–H and O–H groups in total. The van der Waals surface area contributed by atoms with Crippen molar-refractivity contribution in [2.24, 2.45) is 0 Å². The van der Waals surface area contributed by atoms with Gasteiger partial charge in [-0.1, -0.05) is 35.9 Å². The molecule has 2 aromatic carbocycles. The van der Waals surface area contributed by atoms with Crippen molar-refractivity contribution in [3.8, 4) is 0 Å². The highest BCUT2D eigenvalue weighted by molar-refractivity contribution is 7.98. The van der Waals surface area contributed by atoms with Crippen molar-refractivity contribution in [2.45, 2.75) is 24.1 Å². The van der Waals surface area contributed by atoms with Crippen LogP contribution in [0.2, 0.25) is 0 Å². The summed E-state index contributed by atoms with van der Waals surface area (Å²) < 4.78 is 0. The molecular weight excluding hydrogens is 444 g/mol. The molecule has 1 aliphatic heterocycles. The number of carbonyl (C=O) groups is 2. The van der Waals surface area contributed by atoms with Gasteiger partial charge in [0.1, 0.15) is 0 Å². The zero-order valence-corrected chi connectivity index (χ0v) is 20.3. The smallest absolute Gasteiger partial charge is 0.253 e. The molecule has 7 heteroatoms. The lowest BCUT2D eigenvalue weighted by Crippen LogP contribution is -2.38. The summed E-state index contributed by atoms with van der Waals surface area (Å²) in [5.74, 6) is 0.820. The fourth-order valence-electron chi connectivity index (χ4n) is 4.03. The SMILES string of the molecule is Cc1cccc(C(=O)N2CCCN(CC(=O)Nc3cccc(CSc4ccccn4)c3)CC2)c1. The van der Waals surface area contributed by atoms with Crippen molar-refractivity contribution in [1.29, 1.82) is 0 Å². The van der Waals surface area contributed by atoms with Crippen LogP contribution in [0.4, 0.5) is 5.69 Å². The molecule has 0 aliphatic carbocycles. The minimum Gasteiger partial charge on any atom is -0.337 e. The van der Waals surface area contributed by atoms with E-state index in [2.05, 4.69) is 21.3 Å². The van der Waals surface area contributed by atoms with Crippen LogP contribution in [0, 0.1) is 6.92 Å². The maximum atomic E-state index is 12.9. The lowest BCUT2D eigenvalue weighted by molar-refractivity contribution is -0.117. The van der Waals surface area contributed by atoms with Gasteiger partial charge in [0.2, 0.25) is 5.91 Å². The monoisotopic (exact) mass is 474 g/mol. The minimum atomic E-state index is -0.0343. The van der Waals surface area contributed by atoms with E-state index >= 15 is 0 Å². The topological polar surface area (TPSA) is 65.5 Å². The number of hydrogen-bond donors (Lipinski definition) is 1. The van der Waals surface area contributed by atoms with Crippen molar-refractivity contribution in [1.82, 2.24) is 14.8 Å². The van der Waals surface area contributed by atoms with Gasteiger partial charge >= 0.3 is 0 Å². The number of aromatic nitrogens is 1. The first-order valence-electron chi connectivity index (χ1n) is 11.6. The van der Waals surface area contributed by atoms with E-state index in [1.54, 1.807) is 18.0 Å². The fraction of sp³-hybridized carbons (Fsp3) is 0.296. The quantitative estimate of drug-likeness (QED) is 0.512. The number of thioether (sulfide) groups is 1. The van der Waals surface area contributed by atoms with Crippen LogP contribution in [0.5, 0.6) is 0 Å². The zero-order chi connectivity index (χ0) is 23.8. The average molecular weight is 475 g/mol.